The molecule has 6 nitrogen and oxygen atoms in total. The highest BCUT2D eigenvalue weighted by Gasteiger charge is 2.17. The number of esters is 2. The van der Waals surface area contributed by atoms with E-state index in [1.165, 1.54) is 114 Å². The summed E-state index contributed by atoms with van der Waals surface area (Å²) in [6.07, 6.45) is 27.2. The van der Waals surface area contributed by atoms with Crippen molar-refractivity contribution in [1.82, 2.24) is 9.80 Å². The molecule has 0 fully saturated rings. The molecule has 0 rings (SSSR count). The number of ether oxygens (including phenoxy) is 2. The van der Waals surface area contributed by atoms with Crippen molar-refractivity contribution in [2.75, 3.05) is 53.5 Å². The largest absolute Gasteiger partial charge is 0.460 e. The molecule has 0 aliphatic carbocycles. The molecule has 0 radical (unpaired) electrons. The Kier molecular flexibility index (Phi) is 32.4. The average Bonchev–Trinajstić information content (AvgIpc) is 3.06. The minimum atomic E-state index is -0.307. The minimum Gasteiger partial charge on any atom is -0.460 e. The van der Waals surface area contributed by atoms with E-state index >= 15 is 0 Å². The monoisotopic (exact) mass is 761 g/mol. The summed E-state index contributed by atoms with van der Waals surface area (Å²) in [6, 6.07) is 0. The number of rotatable bonds is 35. The molecule has 0 N–H and O–H groups in total. The maximum atomic E-state index is 12.7. The molecule has 54 heavy (non-hydrogen) atoms. The Balaban J connectivity index is 4.37. The van der Waals surface area contributed by atoms with Gasteiger partial charge in [-0.3, -0.25) is 14.5 Å². The van der Waals surface area contributed by atoms with Crippen molar-refractivity contribution in [2.45, 2.75) is 185 Å². The van der Waals surface area contributed by atoms with Gasteiger partial charge in [0, 0.05) is 13.1 Å². The molecule has 0 amide bonds. The van der Waals surface area contributed by atoms with Crippen LogP contribution in [0, 0.1) is 35.5 Å². The molecule has 0 aromatic heterocycles. The predicted octanol–water partition coefficient (Wildman–Crippen LogP) is 12.7. The molecular formula is C48H92N2O4. The van der Waals surface area contributed by atoms with E-state index in [1.807, 2.05) is 31.1 Å². The smallest absolute Gasteiger partial charge is 0.320 e. The van der Waals surface area contributed by atoms with E-state index in [-0.39, 0.29) is 38.2 Å². The quantitative estimate of drug-likeness (QED) is 0.0474. The first kappa shape index (κ1) is 52.3. The van der Waals surface area contributed by atoms with Gasteiger partial charge in [-0.25, -0.2) is 0 Å². The van der Waals surface area contributed by atoms with E-state index in [2.05, 4.69) is 74.1 Å². The summed E-state index contributed by atoms with van der Waals surface area (Å²) in [5.74, 6) is 4.25. The van der Waals surface area contributed by atoms with Gasteiger partial charge in [0.05, 0.1) is 13.1 Å². The zero-order valence-electron chi connectivity index (χ0n) is 38.1. The van der Waals surface area contributed by atoms with Crippen molar-refractivity contribution >= 4 is 11.9 Å². The fourth-order valence-corrected chi connectivity index (χ4v) is 7.18. The Labute approximate surface area is 337 Å². The van der Waals surface area contributed by atoms with E-state index in [0.29, 0.717) is 6.54 Å². The number of hydrogen-bond donors (Lipinski definition) is 0. The second kappa shape index (κ2) is 33.5. The van der Waals surface area contributed by atoms with Crippen molar-refractivity contribution < 1.29 is 19.1 Å². The zero-order valence-corrected chi connectivity index (χ0v) is 38.1. The van der Waals surface area contributed by atoms with Gasteiger partial charge in [-0.2, -0.15) is 0 Å². The van der Waals surface area contributed by atoms with Crippen molar-refractivity contribution in [3.8, 4) is 0 Å². The number of allylic oxidation sites excluding steroid dienone is 2. The van der Waals surface area contributed by atoms with Crippen LogP contribution in [0.3, 0.4) is 0 Å². The summed E-state index contributed by atoms with van der Waals surface area (Å²) >= 11 is 0. The molecule has 0 saturated heterocycles. The first-order valence-electron chi connectivity index (χ1n) is 22.6. The maximum absolute atomic E-state index is 12.7. The third-order valence-corrected chi connectivity index (χ3v) is 11.2. The van der Waals surface area contributed by atoms with Gasteiger partial charge < -0.3 is 14.4 Å². The van der Waals surface area contributed by atoms with Gasteiger partial charge in [0.15, 0.2) is 0 Å². The van der Waals surface area contributed by atoms with Crippen LogP contribution in [0.5, 0.6) is 0 Å². The lowest BCUT2D eigenvalue weighted by Gasteiger charge is -2.22. The molecule has 0 spiro atoms. The lowest BCUT2D eigenvalue weighted by molar-refractivity contribution is -0.147. The Hall–Kier alpha value is -1.66. The van der Waals surface area contributed by atoms with E-state index in [9.17, 15) is 9.59 Å². The van der Waals surface area contributed by atoms with E-state index in [0.717, 1.165) is 54.9 Å². The van der Waals surface area contributed by atoms with Crippen LogP contribution in [0.2, 0.25) is 0 Å². The molecule has 318 valence electrons. The second-order valence-corrected chi connectivity index (χ2v) is 18.7. The Morgan fingerprint density at radius 2 is 0.796 bits per heavy atom. The summed E-state index contributed by atoms with van der Waals surface area (Å²) in [7, 11) is 3.98. The Bertz CT molecular complexity index is 915. The molecular weight excluding hydrogens is 669 g/mol. The van der Waals surface area contributed by atoms with Gasteiger partial charge in [0.2, 0.25) is 0 Å². The molecule has 0 aliphatic heterocycles. The third-order valence-electron chi connectivity index (χ3n) is 11.2. The normalized spacial score (nSPS) is 15.0. The highest BCUT2D eigenvalue weighted by atomic mass is 16.5. The van der Waals surface area contributed by atoms with Crippen LogP contribution in [0.4, 0.5) is 0 Å². The molecule has 0 aromatic rings. The van der Waals surface area contributed by atoms with E-state index in [4.69, 9.17) is 9.47 Å². The fraction of sp³-hybridized carbons (Fsp3) is 0.875. The van der Waals surface area contributed by atoms with Crippen molar-refractivity contribution in [2.24, 2.45) is 35.5 Å². The summed E-state index contributed by atoms with van der Waals surface area (Å²) in [5.41, 5.74) is 2.54. The second-order valence-electron chi connectivity index (χ2n) is 18.7. The summed E-state index contributed by atoms with van der Waals surface area (Å²) in [4.78, 5) is 29.3. The number of hydrogen-bond acceptors (Lipinski definition) is 6. The number of carbonyl (C=O) groups is 2. The van der Waals surface area contributed by atoms with Crippen LogP contribution in [-0.2, 0) is 19.1 Å². The summed E-state index contributed by atoms with van der Waals surface area (Å²) in [6.45, 7) is 25.2. The number of likely N-dealkylation sites (N-methyl/N-ethyl adjacent to an activating group) is 1. The molecule has 0 bridgehead atoms. The number of nitrogens with zero attached hydrogens (tertiary/aromatic N) is 2. The summed E-state index contributed by atoms with van der Waals surface area (Å²) < 4.78 is 11.1. The third kappa shape index (κ3) is 34.8. The van der Waals surface area contributed by atoms with Gasteiger partial charge in [0.25, 0.3) is 0 Å². The molecule has 4 atom stereocenters. The molecule has 0 aliphatic rings. The van der Waals surface area contributed by atoms with Crippen molar-refractivity contribution in [3.05, 3.63) is 23.3 Å². The van der Waals surface area contributed by atoms with Gasteiger partial charge in [0.1, 0.15) is 13.2 Å². The van der Waals surface area contributed by atoms with Crippen molar-refractivity contribution in [3.63, 3.8) is 0 Å². The van der Waals surface area contributed by atoms with Crippen LogP contribution >= 0.6 is 0 Å². The molecule has 0 saturated carbocycles. The molecule has 0 heterocycles. The lowest BCUT2D eigenvalue weighted by atomic mass is 9.91. The van der Waals surface area contributed by atoms with Crippen LogP contribution in [0.15, 0.2) is 23.3 Å². The van der Waals surface area contributed by atoms with Crippen LogP contribution < -0.4 is 0 Å². The topological polar surface area (TPSA) is 59.1 Å². The Morgan fingerprint density at radius 3 is 1.11 bits per heavy atom. The zero-order chi connectivity index (χ0) is 40.7. The van der Waals surface area contributed by atoms with Gasteiger partial charge >= 0.3 is 11.9 Å². The summed E-state index contributed by atoms with van der Waals surface area (Å²) in [5, 5.41) is 0. The Morgan fingerprint density at radius 1 is 0.481 bits per heavy atom. The molecule has 4 unspecified atom stereocenters. The maximum Gasteiger partial charge on any atom is 0.320 e. The van der Waals surface area contributed by atoms with Crippen LogP contribution in [0.1, 0.15) is 185 Å². The van der Waals surface area contributed by atoms with E-state index < -0.39 is 0 Å². The van der Waals surface area contributed by atoms with Crippen LogP contribution in [-0.4, -0.2) is 75.2 Å². The highest BCUT2D eigenvalue weighted by Crippen LogP contribution is 2.23. The predicted molar refractivity (Wildman–Crippen MR) is 234 cm³/mol. The van der Waals surface area contributed by atoms with Gasteiger partial charge in [-0.05, 0) is 101 Å². The van der Waals surface area contributed by atoms with Crippen LogP contribution in [0.25, 0.3) is 0 Å². The minimum absolute atomic E-state index is 0.0772. The fourth-order valence-electron chi connectivity index (χ4n) is 7.18. The average molecular weight is 761 g/mol. The van der Waals surface area contributed by atoms with Gasteiger partial charge in [-0.15, -0.1) is 0 Å². The molecule has 6 heteroatoms. The van der Waals surface area contributed by atoms with Gasteiger partial charge in [-0.1, -0.05) is 156 Å². The standard InChI is InChI=1S/C48H92N2O4/c1-39(2)19-13-21-41(5)23-15-25-43(7)27-17-29-45(9)31-35-53-47(51)37-50(34-33-49(11)12)38-48(52)54-36-32-46(10)30-18-28-44(8)26-16-24-42(6)22-14-20-40(3)4/h31-32,39-44H,13-30,33-38H2,1-12H3. The molecule has 0 aromatic carbocycles. The SMILES string of the molecule is CC(=CCOC(=O)CN(CCN(C)C)CC(=O)OCC=C(C)CCCC(C)CCCC(C)CCCC(C)C)CCCC(C)CCCC(C)CCCC(C)C. The first-order chi connectivity index (χ1) is 25.6. The first-order valence-corrected chi connectivity index (χ1v) is 22.6. The highest BCUT2D eigenvalue weighted by molar-refractivity contribution is 5.75. The lowest BCUT2D eigenvalue weighted by Crippen LogP contribution is -2.40. The van der Waals surface area contributed by atoms with E-state index in [1.54, 1.807) is 0 Å². The number of carbonyl (C=O) groups excluding carboxylic acids is 2. The van der Waals surface area contributed by atoms with Crippen molar-refractivity contribution in [1.29, 1.82) is 0 Å².